The summed E-state index contributed by atoms with van der Waals surface area (Å²) in [6.07, 6.45) is 0. The van der Waals surface area contributed by atoms with Crippen LogP contribution >= 0.6 is 0 Å². The predicted octanol–water partition coefficient (Wildman–Crippen LogP) is 2.77. The number of anilines is 1. The standard InChI is InChI=1S/C14H13NO4/c1-18-12-4-2-3-5-13(12)19-9-6-7-10(14(16)17)11(15)8-9/h2-8H,15H2,1H3,(H,16,17). The van der Waals surface area contributed by atoms with E-state index in [0.717, 1.165) is 0 Å². The Labute approximate surface area is 110 Å². The second-order valence-electron chi connectivity index (χ2n) is 3.81. The maximum atomic E-state index is 10.9. The Hall–Kier alpha value is -2.69. The van der Waals surface area contributed by atoms with Gasteiger partial charge in [0.1, 0.15) is 5.75 Å². The molecule has 0 radical (unpaired) electrons. The number of benzene rings is 2. The number of carbonyl (C=O) groups is 1. The summed E-state index contributed by atoms with van der Waals surface area (Å²) in [6.45, 7) is 0. The average molecular weight is 259 g/mol. The number of methoxy groups -OCH3 is 1. The van der Waals surface area contributed by atoms with Crippen LogP contribution in [0.25, 0.3) is 0 Å². The zero-order valence-corrected chi connectivity index (χ0v) is 10.3. The van der Waals surface area contributed by atoms with Gasteiger partial charge in [0.25, 0.3) is 0 Å². The molecule has 0 aliphatic heterocycles. The lowest BCUT2D eigenvalue weighted by molar-refractivity contribution is 0.0698. The van der Waals surface area contributed by atoms with Crippen molar-refractivity contribution in [2.75, 3.05) is 12.8 Å². The largest absolute Gasteiger partial charge is 0.493 e. The first-order valence-corrected chi connectivity index (χ1v) is 5.55. The number of nitrogen functional groups attached to an aromatic ring is 1. The smallest absolute Gasteiger partial charge is 0.337 e. The summed E-state index contributed by atoms with van der Waals surface area (Å²) in [5, 5.41) is 8.89. The van der Waals surface area contributed by atoms with E-state index in [-0.39, 0.29) is 11.3 Å². The minimum Gasteiger partial charge on any atom is -0.493 e. The van der Waals surface area contributed by atoms with Crippen LogP contribution < -0.4 is 15.2 Å². The second-order valence-corrected chi connectivity index (χ2v) is 3.81. The molecule has 0 amide bonds. The summed E-state index contributed by atoms with van der Waals surface area (Å²) in [6, 6.07) is 11.6. The van der Waals surface area contributed by atoms with E-state index >= 15 is 0 Å². The normalized spacial score (nSPS) is 9.95. The van der Waals surface area contributed by atoms with Gasteiger partial charge < -0.3 is 20.3 Å². The maximum Gasteiger partial charge on any atom is 0.337 e. The van der Waals surface area contributed by atoms with Gasteiger partial charge in [-0.15, -0.1) is 0 Å². The molecular formula is C14H13NO4. The van der Waals surface area contributed by atoms with Gasteiger partial charge in [0.15, 0.2) is 11.5 Å². The van der Waals surface area contributed by atoms with E-state index in [1.807, 2.05) is 12.1 Å². The van der Waals surface area contributed by atoms with Crippen LogP contribution in [-0.2, 0) is 0 Å². The quantitative estimate of drug-likeness (QED) is 0.825. The number of rotatable bonds is 4. The molecule has 5 nitrogen and oxygen atoms in total. The minimum atomic E-state index is -1.07. The number of para-hydroxylation sites is 2. The Morgan fingerprint density at radius 2 is 1.84 bits per heavy atom. The first-order chi connectivity index (χ1) is 9.11. The molecule has 2 rings (SSSR count). The Kier molecular flexibility index (Phi) is 3.56. The lowest BCUT2D eigenvalue weighted by Crippen LogP contribution is -2.02. The van der Waals surface area contributed by atoms with Crippen molar-refractivity contribution in [1.29, 1.82) is 0 Å². The van der Waals surface area contributed by atoms with Gasteiger partial charge in [0.2, 0.25) is 0 Å². The molecule has 19 heavy (non-hydrogen) atoms. The van der Waals surface area contributed by atoms with Crippen LogP contribution in [0, 0.1) is 0 Å². The van der Waals surface area contributed by atoms with Gasteiger partial charge in [0.05, 0.1) is 12.7 Å². The SMILES string of the molecule is COc1ccccc1Oc1ccc(C(=O)O)c(N)c1. The fraction of sp³-hybridized carbons (Fsp3) is 0.0714. The van der Waals surface area contributed by atoms with Crippen LogP contribution in [0.3, 0.4) is 0 Å². The van der Waals surface area contributed by atoms with E-state index < -0.39 is 5.97 Å². The van der Waals surface area contributed by atoms with E-state index in [4.69, 9.17) is 20.3 Å². The summed E-state index contributed by atoms with van der Waals surface area (Å²) in [5.74, 6) is 0.504. The van der Waals surface area contributed by atoms with Crippen LogP contribution in [0.1, 0.15) is 10.4 Å². The van der Waals surface area contributed by atoms with Crippen LogP contribution in [0.5, 0.6) is 17.2 Å². The molecule has 0 bridgehead atoms. The molecule has 0 heterocycles. The van der Waals surface area contributed by atoms with E-state index in [9.17, 15) is 4.79 Å². The molecule has 0 unspecified atom stereocenters. The van der Waals surface area contributed by atoms with Crippen molar-refractivity contribution in [3.8, 4) is 17.2 Å². The molecule has 0 aliphatic rings. The number of carboxylic acids is 1. The minimum absolute atomic E-state index is 0.0485. The summed E-state index contributed by atoms with van der Waals surface area (Å²) in [5.41, 5.74) is 5.86. The fourth-order valence-corrected chi connectivity index (χ4v) is 1.63. The molecule has 2 aromatic carbocycles. The van der Waals surface area contributed by atoms with Crippen molar-refractivity contribution in [2.24, 2.45) is 0 Å². The molecule has 5 heteroatoms. The molecule has 0 spiro atoms. The zero-order chi connectivity index (χ0) is 13.8. The monoisotopic (exact) mass is 259 g/mol. The fourth-order valence-electron chi connectivity index (χ4n) is 1.63. The number of aromatic carboxylic acids is 1. The highest BCUT2D eigenvalue weighted by Gasteiger charge is 2.10. The number of hydrogen-bond donors (Lipinski definition) is 2. The van der Waals surface area contributed by atoms with Gasteiger partial charge in [-0.3, -0.25) is 0 Å². The van der Waals surface area contributed by atoms with Gasteiger partial charge in [-0.25, -0.2) is 4.79 Å². The van der Waals surface area contributed by atoms with Gasteiger partial charge in [-0.1, -0.05) is 12.1 Å². The number of ether oxygens (including phenoxy) is 2. The summed E-state index contributed by atoms with van der Waals surface area (Å²) in [4.78, 5) is 10.9. The van der Waals surface area contributed by atoms with Crippen molar-refractivity contribution >= 4 is 11.7 Å². The van der Waals surface area contributed by atoms with Crippen LogP contribution in [0.15, 0.2) is 42.5 Å². The number of hydrogen-bond acceptors (Lipinski definition) is 4. The Morgan fingerprint density at radius 3 is 2.42 bits per heavy atom. The van der Waals surface area contributed by atoms with Crippen LogP contribution in [0.2, 0.25) is 0 Å². The predicted molar refractivity (Wildman–Crippen MR) is 70.9 cm³/mol. The molecule has 0 fully saturated rings. The highest BCUT2D eigenvalue weighted by atomic mass is 16.5. The molecule has 98 valence electrons. The van der Waals surface area contributed by atoms with Crippen molar-refractivity contribution in [2.45, 2.75) is 0 Å². The molecule has 2 aromatic rings. The van der Waals surface area contributed by atoms with E-state index in [0.29, 0.717) is 17.2 Å². The van der Waals surface area contributed by atoms with Crippen molar-refractivity contribution in [3.63, 3.8) is 0 Å². The molecule has 3 N–H and O–H groups in total. The van der Waals surface area contributed by atoms with Gasteiger partial charge in [0, 0.05) is 11.8 Å². The topological polar surface area (TPSA) is 81.8 Å². The molecule has 0 atom stereocenters. The van der Waals surface area contributed by atoms with Crippen molar-refractivity contribution in [1.82, 2.24) is 0 Å². The molecular weight excluding hydrogens is 246 g/mol. The van der Waals surface area contributed by atoms with Gasteiger partial charge >= 0.3 is 5.97 Å². The maximum absolute atomic E-state index is 10.9. The van der Waals surface area contributed by atoms with E-state index in [1.165, 1.54) is 12.1 Å². The average Bonchev–Trinajstić information content (AvgIpc) is 2.39. The van der Waals surface area contributed by atoms with Crippen molar-refractivity contribution < 1.29 is 19.4 Å². The Bertz CT molecular complexity index is 610. The third-order valence-corrected chi connectivity index (χ3v) is 2.55. The lowest BCUT2D eigenvalue weighted by Gasteiger charge is -2.11. The number of carboxylic acid groups (broad SMARTS) is 1. The first kappa shape index (κ1) is 12.8. The zero-order valence-electron chi connectivity index (χ0n) is 10.3. The number of nitrogens with two attached hydrogens (primary N) is 1. The van der Waals surface area contributed by atoms with E-state index in [1.54, 1.807) is 25.3 Å². The lowest BCUT2D eigenvalue weighted by atomic mass is 10.2. The van der Waals surface area contributed by atoms with Gasteiger partial charge in [-0.05, 0) is 24.3 Å². The Morgan fingerprint density at radius 1 is 1.16 bits per heavy atom. The molecule has 0 saturated heterocycles. The van der Waals surface area contributed by atoms with E-state index in [2.05, 4.69) is 0 Å². The van der Waals surface area contributed by atoms with Crippen LogP contribution in [-0.4, -0.2) is 18.2 Å². The highest BCUT2D eigenvalue weighted by molar-refractivity contribution is 5.93. The molecule has 0 aromatic heterocycles. The van der Waals surface area contributed by atoms with Crippen molar-refractivity contribution in [3.05, 3.63) is 48.0 Å². The highest BCUT2D eigenvalue weighted by Crippen LogP contribution is 2.32. The summed E-state index contributed by atoms with van der Waals surface area (Å²) < 4.78 is 10.8. The van der Waals surface area contributed by atoms with Crippen LogP contribution in [0.4, 0.5) is 5.69 Å². The third kappa shape index (κ3) is 2.77. The summed E-state index contributed by atoms with van der Waals surface area (Å²) >= 11 is 0. The Balaban J connectivity index is 2.29. The third-order valence-electron chi connectivity index (χ3n) is 2.55. The molecule has 0 saturated carbocycles. The first-order valence-electron chi connectivity index (χ1n) is 5.55. The second kappa shape index (κ2) is 5.30. The van der Waals surface area contributed by atoms with Gasteiger partial charge in [-0.2, -0.15) is 0 Å². The summed E-state index contributed by atoms with van der Waals surface area (Å²) in [7, 11) is 1.55. The molecule has 0 aliphatic carbocycles.